The summed E-state index contributed by atoms with van der Waals surface area (Å²) in [4.78, 5) is 24.5. The fraction of sp³-hybridized carbons (Fsp3) is 0.714. The molecule has 0 spiro atoms. The number of guanidine groups is 1. The summed E-state index contributed by atoms with van der Waals surface area (Å²) in [6.45, 7) is 8.85. The van der Waals surface area contributed by atoms with Crippen LogP contribution in [0, 0.1) is 0 Å². The van der Waals surface area contributed by atoms with Gasteiger partial charge in [0.15, 0.2) is 5.96 Å². The van der Waals surface area contributed by atoms with Gasteiger partial charge in [-0.05, 0) is 20.8 Å². The minimum Gasteiger partial charge on any atom is -0.357 e. The zero-order valence-corrected chi connectivity index (χ0v) is 16.9. The van der Waals surface area contributed by atoms with Crippen molar-refractivity contribution >= 4 is 35.8 Å². The smallest absolute Gasteiger partial charge is 0.242 e. The molecule has 0 aliphatic rings. The fourth-order valence-electron chi connectivity index (χ4n) is 2.03. The van der Waals surface area contributed by atoms with E-state index in [1.807, 2.05) is 44.7 Å². The van der Waals surface area contributed by atoms with Crippen molar-refractivity contribution in [2.24, 2.45) is 12.0 Å². The molecule has 0 fully saturated rings. The van der Waals surface area contributed by atoms with Crippen LogP contribution in [0.5, 0.6) is 0 Å². The molecule has 0 aliphatic carbocycles. The molecule has 0 aliphatic heterocycles. The maximum atomic E-state index is 12.2. The lowest BCUT2D eigenvalue weighted by molar-refractivity contribution is -0.131. The Morgan fingerprint density at radius 3 is 2.48 bits per heavy atom. The summed E-state index contributed by atoms with van der Waals surface area (Å²) >= 11 is 0. The van der Waals surface area contributed by atoms with Crippen molar-refractivity contribution in [2.75, 3.05) is 33.2 Å². The van der Waals surface area contributed by atoms with Crippen LogP contribution in [0.25, 0.3) is 0 Å². The molecule has 0 atom stereocenters. The molecule has 1 aromatic heterocycles. The van der Waals surface area contributed by atoms with Crippen LogP contribution < -0.4 is 5.32 Å². The van der Waals surface area contributed by atoms with E-state index in [1.54, 1.807) is 4.68 Å². The highest BCUT2D eigenvalue weighted by Gasteiger charge is 2.15. The normalized spacial score (nSPS) is 10.9. The summed E-state index contributed by atoms with van der Waals surface area (Å²) < 4.78 is 1.69. The van der Waals surface area contributed by atoms with Gasteiger partial charge in [0.1, 0.15) is 18.7 Å². The topological polar surface area (TPSA) is 78.6 Å². The number of rotatable bonds is 7. The first-order valence-electron chi connectivity index (χ1n) is 7.63. The zero-order valence-electron chi connectivity index (χ0n) is 14.6. The maximum Gasteiger partial charge on any atom is 0.242 e. The summed E-state index contributed by atoms with van der Waals surface area (Å²) in [7, 11) is 3.69. The molecule has 0 aromatic carbocycles. The molecule has 1 heterocycles. The lowest BCUT2D eigenvalue weighted by Gasteiger charge is -2.25. The zero-order chi connectivity index (χ0) is 16.5. The quantitative estimate of drug-likeness (QED) is 0.386. The second-order valence-electron chi connectivity index (χ2n) is 4.89. The number of hydrogen-bond acceptors (Lipinski definition) is 4. The Labute approximate surface area is 155 Å². The third kappa shape index (κ3) is 6.71. The Kier molecular flexibility index (Phi) is 10.5. The van der Waals surface area contributed by atoms with E-state index in [4.69, 9.17) is 0 Å². The number of likely N-dealkylation sites (N-methyl/N-ethyl adjacent to an activating group) is 2. The second-order valence-corrected chi connectivity index (χ2v) is 4.89. The highest BCUT2D eigenvalue weighted by atomic mass is 127. The predicted octanol–water partition coefficient (Wildman–Crippen LogP) is 0.699. The first kappa shape index (κ1) is 21.6. The van der Waals surface area contributed by atoms with Crippen molar-refractivity contribution in [1.82, 2.24) is 29.9 Å². The second kappa shape index (κ2) is 11.2. The minimum absolute atomic E-state index is 0. The van der Waals surface area contributed by atoms with E-state index in [-0.39, 0.29) is 29.9 Å². The monoisotopic (exact) mass is 437 g/mol. The van der Waals surface area contributed by atoms with Gasteiger partial charge in [-0.25, -0.2) is 9.98 Å². The van der Waals surface area contributed by atoms with Crippen molar-refractivity contribution in [2.45, 2.75) is 27.3 Å². The number of carbonyl (C=O) groups is 1. The molecular weight excluding hydrogens is 409 g/mol. The molecule has 8 nitrogen and oxygen atoms in total. The first-order chi connectivity index (χ1) is 10.5. The van der Waals surface area contributed by atoms with Gasteiger partial charge in [-0.1, -0.05) is 0 Å². The molecule has 1 amide bonds. The number of nitrogens with zero attached hydrogens (tertiary/aromatic N) is 6. The van der Waals surface area contributed by atoms with Gasteiger partial charge in [0, 0.05) is 33.7 Å². The number of aryl methyl sites for hydroxylation is 1. The third-order valence-electron chi connectivity index (χ3n) is 3.36. The Morgan fingerprint density at radius 1 is 1.35 bits per heavy atom. The van der Waals surface area contributed by atoms with Crippen molar-refractivity contribution in [3.05, 3.63) is 12.2 Å². The third-order valence-corrected chi connectivity index (χ3v) is 3.36. The van der Waals surface area contributed by atoms with Gasteiger partial charge in [0.25, 0.3) is 0 Å². The maximum absolute atomic E-state index is 12.2. The highest BCUT2D eigenvalue weighted by molar-refractivity contribution is 14.0. The molecule has 0 bridgehead atoms. The molecule has 0 unspecified atom stereocenters. The SMILES string of the molecule is CCNC(=NCc1ncnn1C)N(C)CC(=O)N(CC)CC.I. The van der Waals surface area contributed by atoms with E-state index in [0.717, 1.165) is 25.5 Å². The molecule has 1 N–H and O–H groups in total. The largest absolute Gasteiger partial charge is 0.357 e. The van der Waals surface area contributed by atoms with Crippen LogP contribution >= 0.6 is 24.0 Å². The van der Waals surface area contributed by atoms with E-state index in [2.05, 4.69) is 20.4 Å². The van der Waals surface area contributed by atoms with Crippen molar-refractivity contribution in [3.63, 3.8) is 0 Å². The van der Waals surface area contributed by atoms with E-state index in [0.29, 0.717) is 19.0 Å². The summed E-state index contributed by atoms with van der Waals surface area (Å²) in [6, 6.07) is 0. The lowest BCUT2D eigenvalue weighted by atomic mass is 10.4. The van der Waals surface area contributed by atoms with Crippen LogP contribution in [-0.2, 0) is 18.4 Å². The standard InChI is InChI=1S/C14H27N7O.HI/c1-6-15-14(16-9-12-17-11-18-20(12)5)19(4)10-13(22)21(7-2)8-3;/h11H,6-10H2,1-5H3,(H,15,16);1H. The number of hydrogen-bond donors (Lipinski definition) is 1. The number of carbonyl (C=O) groups excluding carboxylic acids is 1. The number of aliphatic imine (C=N–C) groups is 1. The average Bonchev–Trinajstić information content (AvgIpc) is 2.90. The van der Waals surface area contributed by atoms with E-state index < -0.39 is 0 Å². The summed E-state index contributed by atoms with van der Waals surface area (Å²) in [6.07, 6.45) is 1.51. The number of nitrogens with one attached hydrogen (secondary N) is 1. The Morgan fingerprint density at radius 2 is 2.00 bits per heavy atom. The average molecular weight is 437 g/mol. The van der Waals surface area contributed by atoms with Crippen LogP contribution in [0.1, 0.15) is 26.6 Å². The van der Waals surface area contributed by atoms with Gasteiger partial charge in [-0.2, -0.15) is 5.10 Å². The molecule has 1 rings (SSSR count). The number of halogens is 1. The Balaban J connectivity index is 0.00000484. The van der Waals surface area contributed by atoms with Crippen molar-refractivity contribution in [3.8, 4) is 0 Å². The summed E-state index contributed by atoms with van der Waals surface area (Å²) in [5.74, 6) is 1.56. The molecule has 9 heteroatoms. The van der Waals surface area contributed by atoms with Gasteiger partial charge in [0.05, 0.1) is 6.54 Å². The Bertz CT molecular complexity index is 499. The van der Waals surface area contributed by atoms with Crippen LogP contribution in [-0.4, -0.2) is 69.7 Å². The van der Waals surface area contributed by atoms with Gasteiger partial charge in [-0.3, -0.25) is 9.48 Å². The highest BCUT2D eigenvalue weighted by Crippen LogP contribution is 1.97. The van der Waals surface area contributed by atoms with Crippen molar-refractivity contribution < 1.29 is 4.79 Å². The molecule has 0 radical (unpaired) electrons. The molecule has 0 saturated carbocycles. The molecule has 0 saturated heterocycles. The van der Waals surface area contributed by atoms with Crippen LogP contribution in [0.2, 0.25) is 0 Å². The van der Waals surface area contributed by atoms with Gasteiger partial charge in [-0.15, -0.1) is 24.0 Å². The minimum atomic E-state index is 0. The molecular formula is C14H28IN7O. The number of amides is 1. The molecule has 132 valence electrons. The lowest BCUT2D eigenvalue weighted by Crippen LogP contribution is -2.45. The summed E-state index contributed by atoms with van der Waals surface area (Å²) in [5, 5.41) is 7.21. The first-order valence-corrected chi connectivity index (χ1v) is 7.63. The van der Waals surface area contributed by atoms with E-state index in [1.165, 1.54) is 6.33 Å². The summed E-state index contributed by atoms with van der Waals surface area (Å²) in [5.41, 5.74) is 0. The van der Waals surface area contributed by atoms with Crippen molar-refractivity contribution in [1.29, 1.82) is 0 Å². The Hall–Kier alpha value is -1.39. The van der Waals surface area contributed by atoms with Crippen LogP contribution in [0.4, 0.5) is 0 Å². The molecule has 23 heavy (non-hydrogen) atoms. The predicted molar refractivity (Wildman–Crippen MR) is 102 cm³/mol. The van der Waals surface area contributed by atoms with Gasteiger partial charge in [0.2, 0.25) is 5.91 Å². The van der Waals surface area contributed by atoms with Crippen LogP contribution in [0.15, 0.2) is 11.3 Å². The number of aromatic nitrogens is 3. The van der Waals surface area contributed by atoms with E-state index in [9.17, 15) is 4.79 Å². The fourth-order valence-corrected chi connectivity index (χ4v) is 2.03. The van der Waals surface area contributed by atoms with Crippen LogP contribution in [0.3, 0.4) is 0 Å². The van der Waals surface area contributed by atoms with Gasteiger partial charge < -0.3 is 15.1 Å². The molecule has 1 aromatic rings. The van der Waals surface area contributed by atoms with Gasteiger partial charge >= 0.3 is 0 Å². The van der Waals surface area contributed by atoms with E-state index >= 15 is 0 Å².